The minimum atomic E-state index is 0.123. The highest BCUT2D eigenvalue weighted by atomic mass is 16.3. The zero-order chi connectivity index (χ0) is 10.4. The molecule has 1 atom stereocenters. The number of anilines is 1. The normalized spacial score (nSPS) is 11.8. The van der Waals surface area contributed by atoms with E-state index in [0.29, 0.717) is 17.9 Å². The third-order valence-electron chi connectivity index (χ3n) is 1.73. The molecule has 0 bridgehead atoms. The Morgan fingerprint density at radius 2 is 2.50 bits per heavy atom. The van der Waals surface area contributed by atoms with E-state index < -0.39 is 0 Å². The SMILES string of the molecule is CC(CO)CNc1cc(C#N)cnn1. The fourth-order valence-corrected chi connectivity index (χ4v) is 0.858. The number of nitrogens with one attached hydrogen (secondary N) is 1. The second-order valence-electron chi connectivity index (χ2n) is 3.11. The van der Waals surface area contributed by atoms with E-state index in [1.807, 2.05) is 13.0 Å². The van der Waals surface area contributed by atoms with Crippen LogP contribution >= 0.6 is 0 Å². The van der Waals surface area contributed by atoms with Crippen molar-refractivity contribution < 1.29 is 5.11 Å². The molecule has 0 aromatic carbocycles. The van der Waals surface area contributed by atoms with Crippen LogP contribution < -0.4 is 5.32 Å². The smallest absolute Gasteiger partial charge is 0.149 e. The van der Waals surface area contributed by atoms with E-state index in [4.69, 9.17) is 10.4 Å². The van der Waals surface area contributed by atoms with Gasteiger partial charge < -0.3 is 10.4 Å². The summed E-state index contributed by atoms with van der Waals surface area (Å²) in [6.45, 7) is 2.65. The Bertz CT molecular complexity index is 334. The molecule has 0 aliphatic rings. The maximum absolute atomic E-state index is 8.79. The van der Waals surface area contributed by atoms with Crippen molar-refractivity contribution in [1.29, 1.82) is 5.26 Å². The lowest BCUT2D eigenvalue weighted by Gasteiger charge is -2.08. The van der Waals surface area contributed by atoms with Crippen LogP contribution in [-0.2, 0) is 0 Å². The number of hydrogen-bond acceptors (Lipinski definition) is 5. The summed E-state index contributed by atoms with van der Waals surface area (Å²) in [5, 5.41) is 27.8. The molecule has 0 saturated heterocycles. The molecule has 0 fully saturated rings. The third-order valence-corrected chi connectivity index (χ3v) is 1.73. The molecule has 0 aliphatic heterocycles. The Kier molecular flexibility index (Phi) is 3.83. The lowest BCUT2D eigenvalue weighted by molar-refractivity contribution is 0.244. The van der Waals surface area contributed by atoms with Crippen LogP contribution in [0.5, 0.6) is 0 Å². The van der Waals surface area contributed by atoms with Gasteiger partial charge in [0.15, 0.2) is 0 Å². The summed E-state index contributed by atoms with van der Waals surface area (Å²) in [7, 11) is 0. The van der Waals surface area contributed by atoms with Crippen molar-refractivity contribution in [3.8, 4) is 6.07 Å². The fraction of sp³-hybridized carbons (Fsp3) is 0.444. The van der Waals surface area contributed by atoms with Crippen molar-refractivity contribution >= 4 is 5.82 Å². The maximum Gasteiger partial charge on any atom is 0.149 e. The second kappa shape index (κ2) is 5.14. The molecule has 5 heteroatoms. The van der Waals surface area contributed by atoms with E-state index in [0.717, 1.165) is 0 Å². The molecule has 0 radical (unpaired) electrons. The summed E-state index contributed by atoms with van der Waals surface area (Å²) in [6, 6.07) is 3.60. The zero-order valence-corrected chi connectivity index (χ0v) is 7.94. The van der Waals surface area contributed by atoms with Crippen molar-refractivity contribution in [2.75, 3.05) is 18.5 Å². The molecule has 1 heterocycles. The van der Waals surface area contributed by atoms with E-state index in [1.54, 1.807) is 6.07 Å². The van der Waals surface area contributed by atoms with Gasteiger partial charge >= 0.3 is 0 Å². The first-order valence-corrected chi connectivity index (χ1v) is 4.34. The van der Waals surface area contributed by atoms with Gasteiger partial charge in [-0.15, -0.1) is 5.10 Å². The number of nitrogens with zero attached hydrogens (tertiary/aromatic N) is 3. The first kappa shape index (κ1) is 10.4. The van der Waals surface area contributed by atoms with Crippen LogP contribution in [0.4, 0.5) is 5.82 Å². The topological polar surface area (TPSA) is 81.8 Å². The lowest BCUT2D eigenvalue weighted by Crippen LogP contribution is -2.15. The third kappa shape index (κ3) is 2.99. The maximum atomic E-state index is 8.79. The molecule has 1 aromatic heterocycles. The minimum Gasteiger partial charge on any atom is -0.396 e. The Hall–Kier alpha value is -1.67. The fourth-order valence-electron chi connectivity index (χ4n) is 0.858. The van der Waals surface area contributed by atoms with Gasteiger partial charge in [0.25, 0.3) is 0 Å². The highest BCUT2D eigenvalue weighted by Crippen LogP contribution is 2.04. The minimum absolute atomic E-state index is 0.123. The first-order valence-electron chi connectivity index (χ1n) is 4.34. The Balaban J connectivity index is 2.55. The van der Waals surface area contributed by atoms with Gasteiger partial charge in [-0.3, -0.25) is 0 Å². The van der Waals surface area contributed by atoms with Crippen LogP contribution in [0.2, 0.25) is 0 Å². The number of rotatable bonds is 4. The van der Waals surface area contributed by atoms with Crippen LogP contribution in [0.3, 0.4) is 0 Å². The van der Waals surface area contributed by atoms with Crippen molar-refractivity contribution in [3.05, 3.63) is 17.8 Å². The Labute approximate surface area is 82.4 Å². The van der Waals surface area contributed by atoms with Gasteiger partial charge in [-0.25, -0.2) is 0 Å². The number of hydrogen-bond donors (Lipinski definition) is 2. The van der Waals surface area contributed by atoms with Gasteiger partial charge in [-0.1, -0.05) is 6.92 Å². The van der Waals surface area contributed by atoms with Gasteiger partial charge in [0.1, 0.15) is 11.9 Å². The van der Waals surface area contributed by atoms with Gasteiger partial charge in [0.2, 0.25) is 0 Å². The zero-order valence-electron chi connectivity index (χ0n) is 7.94. The Morgan fingerprint density at radius 3 is 3.14 bits per heavy atom. The van der Waals surface area contributed by atoms with Gasteiger partial charge in [0, 0.05) is 19.2 Å². The summed E-state index contributed by atoms with van der Waals surface area (Å²) >= 11 is 0. The van der Waals surface area contributed by atoms with E-state index in [2.05, 4.69) is 15.5 Å². The van der Waals surface area contributed by atoms with Gasteiger partial charge in [-0.05, 0) is 5.92 Å². The monoisotopic (exact) mass is 192 g/mol. The summed E-state index contributed by atoms with van der Waals surface area (Å²) < 4.78 is 0. The largest absolute Gasteiger partial charge is 0.396 e. The molecule has 2 N–H and O–H groups in total. The molecular weight excluding hydrogens is 180 g/mol. The van der Waals surface area contributed by atoms with Crippen molar-refractivity contribution in [2.45, 2.75) is 6.92 Å². The number of nitriles is 1. The molecule has 0 amide bonds. The van der Waals surface area contributed by atoms with E-state index in [-0.39, 0.29) is 12.5 Å². The average Bonchev–Trinajstić information content (AvgIpc) is 2.26. The number of aromatic nitrogens is 2. The average molecular weight is 192 g/mol. The second-order valence-corrected chi connectivity index (χ2v) is 3.11. The molecule has 74 valence electrons. The molecule has 0 aliphatic carbocycles. The van der Waals surface area contributed by atoms with Crippen LogP contribution in [-0.4, -0.2) is 28.5 Å². The van der Waals surface area contributed by atoms with Crippen molar-refractivity contribution in [3.63, 3.8) is 0 Å². The van der Waals surface area contributed by atoms with E-state index >= 15 is 0 Å². The van der Waals surface area contributed by atoms with E-state index in [9.17, 15) is 0 Å². The standard InChI is InChI=1S/C9H12N4O/c1-7(6-14)4-11-9-2-8(3-10)5-12-13-9/h2,5,7,14H,4,6H2,1H3,(H,11,13). The molecule has 5 nitrogen and oxygen atoms in total. The number of aliphatic hydroxyl groups is 1. The molecular formula is C9H12N4O. The van der Waals surface area contributed by atoms with Gasteiger partial charge in [0.05, 0.1) is 11.8 Å². The Morgan fingerprint density at radius 1 is 1.71 bits per heavy atom. The van der Waals surface area contributed by atoms with Crippen LogP contribution in [0.1, 0.15) is 12.5 Å². The lowest BCUT2D eigenvalue weighted by atomic mass is 10.2. The van der Waals surface area contributed by atoms with Crippen LogP contribution in [0.15, 0.2) is 12.3 Å². The van der Waals surface area contributed by atoms with Crippen molar-refractivity contribution in [1.82, 2.24) is 10.2 Å². The summed E-state index contributed by atoms with van der Waals surface area (Å²) in [6.07, 6.45) is 1.40. The van der Waals surface area contributed by atoms with Crippen LogP contribution in [0.25, 0.3) is 0 Å². The molecule has 14 heavy (non-hydrogen) atoms. The predicted molar refractivity (Wildman–Crippen MR) is 51.5 cm³/mol. The summed E-state index contributed by atoms with van der Waals surface area (Å²) in [4.78, 5) is 0. The molecule has 0 saturated carbocycles. The number of aliphatic hydroxyl groups excluding tert-OH is 1. The summed E-state index contributed by atoms with van der Waals surface area (Å²) in [5.41, 5.74) is 0.471. The molecule has 1 aromatic rings. The first-order chi connectivity index (χ1) is 6.76. The van der Waals surface area contributed by atoms with Crippen molar-refractivity contribution in [2.24, 2.45) is 5.92 Å². The molecule has 0 spiro atoms. The van der Waals surface area contributed by atoms with Crippen LogP contribution in [0, 0.1) is 17.2 Å². The summed E-state index contributed by atoms with van der Waals surface area (Å²) in [5.74, 6) is 0.715. The van der Waals surface area contributed by atoms with E-state index in [1.165, 1.54) is 6.20 Å². The predicted octanol–water partition coefficient (Wildman–Crippen LogP) is 0.389. The quantitative estimate of drug-likeness (QED) is 0.721. The highest BCUT2D eigenvalue weighted by Gasteiger charge is 2.01. The molecule has 1 rings (SSSR count). The highest BCUT2D eigenvalue weighted by molar-refractivity contribution is 5.40. The molecule has 1 unspecified atom stereocenters. The van der Waals surface area contributed by atoms with Gasteiger partial charge in [-0.2, -0.15) is 10.4 Å².